The summed E-state index contributed by atoms with van der Waals surface area (Å²) in [6.07, 6.45) is 1.69. The second kappa shape index (κ2) is 5.51. The first-order valence-electron chi connectivity index (χ1n) is 6.20. The molecule has 0 aliphatic carbocycles. The zero-order chi connectivity index (χ0) is 13.9. The van der Waals surface area contributed by atoms with Crippen LogP contribution in [0.3, 0.4) is 0 Å². The van der Waals surface area contributed by atoms with Gasteiger partial charge in [0.1, 0.15) is 12.2 Å². The van der Waals surface area contributed by atoms with Gasteiger partial charge in [-0.1, -0.05) is 18.2 Å². The van der Waals surface area contributed by atoms with E-state index in [-0.39, 0.29) is 0 Å². The van der Waals surface area contributed by atoms with E-state index < -0.39 is 6.10 Å². The zero-order valence-corrected chi connectivity index (χ0v) is 11.6. The Kier molecular flexibility index (Phi) is 3.57. The number of thiophene rings is 1. The molecule has 0 fully saturated rings. The van der Waals surface area contributed by atoms with E-state index in [1.54, 1.807) is 22.2 Å². The molecule has 0 radical (unpaired) electrons. The smallest absolute Gasteiger partial charge is 0.257 e. The molecule has 3 rings (SSSR count). The quantitative estimate of drug-likeness (QED) is 0.772. The van der Waals surface area contributed by atoms with Gasteiger partial charge in [-0.3, -0.25) is 0 Å². The second-order valence-corrected chi connectivity index (χ2v) is 5.19. The predicted octanol–water partition coefficient (Wildman–Crippen LogP) is 1.88. The molecule has 3 aromatic heterocycles. The third-order valence-corrected chi connectivity index (χ3v) is 3.64. The van der Waals surface area contributed by atoms with Crippen LogP contribution in [0.1, 0.15) is 31.0 Å². The van der Waals surface area contributed by atoms with Gasteiger partial charge in [0, 0.05) is 0 Å². The molecule has 0 saturated heterocycles. The van der Waals surface area contributed by atoms with Gasteiger partial charge in [0.25, 0.3) is 5.89 Å². The van der Waals surface area contributed by atoms with Crippen molar-refractivity contribution in [2.45, 2.75) is 26.0 Å². The van der Waals surface area contributed by atoms with Crippen molar-refractivity contribution < 1.29 is 9.52 Å². The summed E-state index contributed by atoms with van der Waals surface area (Å²) < 4.78 is 7.13. The summed E-state index contributed by atoms with van der Waals surface area (Å²) in [7, 11) is 0. The molecule has 0 aromatic carbocycles. The molecule has 1 N–H and O–H groups in total. The molecule has 1 unspecified atom stereocenters. The van der Waals surface area contributed by atoms with Gasteiger partial charge in [0.2, 0.25) is 5.89 Å². The molecule has 0 amide bonds. The van der Waals surface area contributed by atoms with Crippen molar-refractivity contribution in [3.8, 4) is 10.8 Å². The Balaban J connectivity index is 1.73. The highest BCUT2D eigenvalue weighted by molar-refractivity contribution is 7.13. The van der Waals surface area contributed by atoms with Gasteiger partial charge in [-0.2, -0.15) is 0 Å². The van der Waals surface area contributed by atoms with Crippen LogP contribution in [0.15, 0.2) is 28.1 Å². The molecule has 8 heteroatoms. The second-order valence-electron chi connectivity index (χ2n) is 4.24. The molecule has 0 bridgehead atoms. The van der Waals surface area contributed by atoms with Crippen LogP contribution in [-0.4, -0.2) is 30.3 Å². The Bertz CT molecular complexity index is 676. The van der Waals surface area contributed by atoms with Crippen LogP contribution in [0.25, 0.3) is 10.8 Å². The highest BCUT2D eigenvalue weighted by atomic mass is 32.1. The Morgan fingerprint density at radius 1 is 1.40 bits per heavy atom. The van der Waals surface area contributed by atoms with Gasteiger partial charge in [-0.05, 0) is 17.9 Å². The van der Waals surface area contributed by atoms with Gasteiger partial charge in [0.05, 0.1) is 17.2 Å². The predicted molar refractivity (Wildman–Crippen MR) is 72.0 cm³/mol. The van der Waals surface area contributed by atoms with Crippen LogP contribution < -0.4 is 0 Å². The maximum Gasteiger partial charge on any atom is 0.257 e. The minimum atomic E-state index is -0.590. The molecule has 0 aliphatic rings. The van der Waals surface area contributed by atoms with Crippen LogP contribution >= 0.6 is 11.3 Å². The minimum Gasteiger partial charge on any atom is -0.418 e. The van der Waals surface area contributed by atoms with Gasteiger partial charge in [-0.25, -0.2) is 4.68 Å². The summed E-state index contributed by atoms with van der Waals surface area (Å²) in [5, 5.41) is 27.5. The number of hydrogen-bond acceptors (Lipinski definition) is 7. The molecule has 20 heavy (non-hydrogen) atoms. The molecule has 3 aromatic rings. The lowest BCUT2D eigenvalue weighted by Crippen LogP contribution is -2.00. The number of hydrogen-bond donors (Lipinski definition) is 1. The fraction of sp³-hybridized carbons (Fsp3) is 0.333. The van der Waals surface area contributed by atoms with Gasteiger partial charge < -0.3 is 9.52 Å². The van der Waals surface area contributed by atoms with E-state index in [1.807, 2.05) is 24.4 Å². The topological polar surface area (TPSA) is 89.9 Å². The monoisotopic (exact) mass is 291 g/mol. The number of aliphatic hydroxyl groups excluding tert-OH is 1. The average molecular weight is 291 g/mol. The highest BCUT2D eigenvalue weighted by Crippen LogP contribution is 2.23. The lowest BCUT2D eigenvalue weighted by Gasteiger charge is -2.00. The molecule has 0 saturated carbocycles. The minimum absolute atomic E-state index is 0.335. The van der Waals surface area contributed by atoms with Crippen molar-refractivity contribution in [1.82, 2.24) is 25.2 Å². The molecule has 0 aliphatic heterocycles. The number of rotatable bonds is 5. The lowest BCUT2D eigenvalue weighted by atomic mass is 10.2. The fourth-order valence-corrected chi connectivity index (χ4v) is 2.35. The van der Waals surface area contributed by atoms with Crippen molar-refractivity contribution in [2.24, 2.45) is 0 Å². The van der Waals surface area contributed by atoms with Crippen molar-refractivity contribution >= 4 is 11.3 Å². The third-order valence-electron chi connectivity index (χ3n) is 2.78. The summed E-state index contributed by atoms with van der Waals surface area (Å²) in [5.74, 6) is 0.958. The first-order chi connectivity index (χ1) is 9.76. The first-order valence-corrected chi connectivity index (χ1v) is 7.08. The average Bonchev–Trinajstić information content (AvgIpc) is 3.19. The molecule has 3 heterocycles. The largest absolute Gasteiger partial charge is 0.418 e. The molecular weight excluding hydrogens is 278 g/mol. The summed E-state index contributed by atoms with van der Waals surface area (Å²) >= 11 is 1.54. The van der Waals surface area contributed by atoms with Gasteiger partial charge in [-0.15, -0.1) is 26.6 Å². The number of nitrogens with zero attached hydrogens (tertiary/aromatic N) is 5. The van der Waals surface area contributed by atoms with Gasteiger partial charge in [0.15, 0.2) is 0 Å². The van der Waals surface area contributed by atoms with E-state index in [4.69, 9.17) is 4.42 Å². The summed E-state index contributed by atoms with van der Waals surface area (Å²) in [6.45, 7) is 2.22. The normalized spacial score (nSPS) is 12.7. The standard InChI is InChI=1S/C12H13N5O2S/c1-2-9(18)8-6-17(16-13-8)7-11-14-15-12(19-11)10-4-3-5-20-10/h3-6,9,18H,2,7H2,1H3. The molecule has 1 atom stereocenters. The van der Waals surface area contributed by atoms with E-state index in [9.17, 15) is 5.11 Å². The maximum absolute atomic E-state index is 9.67. The van der Waals surface area contributed by atoms with Gasteiger partial charge >= 0.3 is 0 Å². The molecular formula is C12H13N5O2S. The number of aliphatic hydroxyl groups is 1. The fourth-order valence-electron chi connectivity index (χ4n) is 1.71. The summed E-state index contributed by atoms with van der Waals surface area (Å²) in [4.78, 5) is 0.935. The summed E-state index contributed by atoms with van der Waals surface area (Å²) in [6, 6.07) is 3.85. The third kappa shape index (κ3) is 2.61. The first kappa shape index (κ1) is 12.9. The Morgan fingerprint density at radius 3 is 3.05 bits per heavy atom. The zero-order valence-electron chi connectivity index (χ0n) is 10.8. The molecule has 104 valence electrons. The van der Waals surface area contributed by atoms with Crippen LogP contribution in [-0.2, 0) is 6.54 Å². The van der Waals surface area contributed by atoms with Crippen LogP contribution in [0.4, 0.5) is 0 Å². The Morgan fingerprint density at radius 2 is 2.30 bits per heavy atom. The van der Waals surface area contributed by atoms with E-state index in [2.05, 4.69) is 20.5 Å². The van der Waals surface area contributed by atoms with Crippen molar-refractivity contribution in [2.75, 3.05) is 0 Å². The van der Waals surface area contributed by atoms with Crippen molar-refractivity contribution in [1.29, 1.82) is 0 Å². The van der Waals surface area contributed by atoms with E-state index in [0.717, 1.165) is 4.88 Å². The lowest BCUT2D eigenvalue weighted by molar-refractivity contribution is 0.168. The molecule has 7 nitrogen and oxygen atoms in total. The SMILES string of the molecule is CCC(O)c1cn(Cc2nnc(-c3cccs3)o2)nn1. The van der Waals surface area contributed by atoms with Crippen LogP contribution in [0, 0.1) is 0 Å². The van der Waals surface area contributed by atoms with E-state index in [1.165, 1.54) is 0 Å². The van der Waals surface area contributed by atoms with Crippen LogP contribution in [0.5, 0.6) is 0 Å². The molecule has 0 spiro atoms. The van der Waals surface area contributed by atoms with Crippen molar-refractivity contribution in [3.05, 3.63) is 35.3 Å². The summed E-state index contributed by atoms with van der Waals surface area (Å²) in [5.41, 5.74) is 0.547. The van der Waals surface area contributed by atoms with Crippen molar-refractivity contribution in [3.63, 3.8) is 0 Å². The van der Waals surface area contributed by atoms with Crippen LogP contribution in [0.2, 0.25) is 0 Å². The maximum atomic E-state index is 9.67. The number of aromatic nitrogens is 5. The Hall–Kier alpha value is -2.06. The van der Waals surface area contributed by atoms with E-state index in [0.29, 0.717) is 30.4 Å². The highest BCUT2D eigenvalue weighted by Gasteiger charge is 2.13. The van der Waals surface area contributed by atoms with E-state index >= 15 is 0 Å². The Labute approximate surface area is 118 Å².